The summed E-state index contributed by atoms with van der Waals surface area (Å²) in [6.45, 7) is 14.3. The largest absolute Gasteiger partial charge is 0.339 e. The lowest BCUT2D eigenvalue weighted by Crippen LogP contribution is -2.25. The molecule has 0 aliphatic rings. The second-order valence-electron chi connectivity index (χ2n) is 4.95. The molecule has 108 valence electrons. The maximum Gasteiger partial charge on any atom is 0.123 e. The fourth-order valence-corrected chi connectivity index (χ4v) is 2.39. The van der Waals surface area contributed by atoms with Crippen molar-refractivity contribution in [1.82, 2.24) is 4.90 Å². The van der Waals surface area contributed by atoms with Gasteiger partial charge in [0.25, 0.3) is 0 Å². The molecule has 0 saturated carbocycles. The minimum absolute atomic E-state index is 0.141. The third kappa shape index (κ3) is 4.09. The van der Waals surface area contributed by atoms with E-state index in [9.17, 15) is 4.39 Å². The minimum Gasteiger partial charge on any atom is -0.339 e. The Balaban J connectivity index is 3.17. The molecule has 0 aliphatic carbocycles. The van der Waals surface area contributed by atoms with Crippen LogP contribution in [0.3, 0.4) is 0 Å². The van der Waals surface area contributed by atoms with E-state index < -0.39 is 0 Å². The summed E-state index contributed by atoms with van der Waals surface area (Å²) in [5.41, 5.74) is 2.93. The highest BCUT2D eigenvalue weighted by Gasteiger charge is 2.20. The molecule has 0 bridgehead atoms. The van der Waals surface area contributed by atoms with Gasteiger partial charge >= 0.3 is 0 Å². The lowest BCUT2D eigenvalue weighted by Gasteiger charge is -2.34. The molecule has 1 unspecified atom stereocenters. The number of rotatable bonds is 7. The lowest BCUT2D eigenvalue weighted by molar-refractivity contribution is 0.310. The van der Waals surface area contributed by atoms with Crippen molar-refractivity contribution < 1.29 is 4.39 Å². The quantitative estimate of drug-likeness (QED) is 0.585. The van der Waals surface area contributed by atoms with Crippen molar-refractivity contribution in [2.45, 2.75) is 39.7 Å². The number of halogens is 1. The van der Waals surface area contributed by atoms with Gasteiger partial charge in [0.15, 0.2) is 0 Å². The van der Waals surface area contributed by atoms with Gasteiger partial charge in [-0.05, 0) is 44.0 Å². The van der Waals surface area contributed by atoms with E-state index in [0.29, 0.717) is 0 Å². The number of benzene rings is 1. The highest BCUT2D eigenvalue weighted by Crippen LogP contribution is 2.32. The standard InChI is InChI=1S/C18H24FN/c1-6-8-15(5)20(14(3)4)18(9-7-2)16-10-12-17(19)13-11-16/h6,8,10-13,18H,3,5,7,9H2,1-2,4H3/b8-6-. The van der Waals surface area contributed by atoms with Gasteiger partial charge < -0.3 is 4.90 Å². The monoisotopic (exact) mass is 273 g/mol. The van der Waals surface area contributed by atoms with Crippen molar-refractivity contribution in [3.8, 4) is 0 Å². The van der Waals surface area contributed by atoms with E-state index in [2.05, 4.69) is 25.0 Å². The Morgan fingerprint density at radius 2 is 1.90 bits per heavy atom. The molecule has 0 aromatic heterocycles. The first-order valence-corrected chi connectivity index (χ1v) is 7.03. The smallest absolute Gasteiger partial charge is 0.123 e. The SMILES string of the molecule is C=C(C)N(C(=C)/C=C\C)C(CCC)c1ccc(F)cc1. The zero-order valence-electron chi connectivity index (χ0n) is 12.7. The Hall–Kier alpha value is -1.83. The van der Waals surface area contributed by atoms with Crippen LogP contribution in [0, 0.1) is 5.82 Å². The molecule has 1 rings (SSSR count). The molecular formula is C18H24FN. The third-order valence-electron chi connectivity index (χ3n) is 3.21. The molecule has 0 saturated heterocycles. The van der Waals surface area contributed by atoms with Crippen molar-refractivity contribution >= 4 is 0 Å². The summed E-state index contributed by atoms with van der Waals surface area (Å²) in [6, 6.07) is 6.84. The van der Waals surface area contributed by atoms with E-state index in [0.717, 1.165) is 29.8 Å². The maximum atomic E-state index is 13.1. The molecule has 2 heteroatoms. The molecule has 0 aliphatic heterocycles. The second kappa shape index (κ2) is 7.68. The molecule has 1 nitrogen and oxygen atoms in total. The summed E-state index contributed by atoms with van der Waals surface area (Å²) in [5.74, 6) is -0.210. The van der Waals surface area contributed by atoms with Gasteiger partial charge in [0.05, 0.1) is 6.04 Å². The van der Waals surface area contributed by atoms with Crippen LogP contribution in [0.4, 0.5) is 4.39 Å². The zero-order valence-corrected chi connectivity index (χ0v) is 12.7. The van der Waals surface area contributed by atoms with Crippen LogP contribution in [-0.4, -0.2) is 4.90 Å². The summed E-state index contributed by atoms with van der Waals surface area (Å²) in [5, 5.41) is 0. The van der Waals surface area contributed by atoms with Crippen molar-refractivity contribution in [2.75, 3.05) is 0 Å². The van der Waals surface area contributed by atoms with Gasteiger partial charge in [-0.1, -0.05) is 44.7 Å². The Morgan fingerprint density at radius 1 is 1.30 bits per heavy atom. The maximum absolute atomic E-state index is 13.1. The average molecular weight is 273 g/mol. The molecule has 0 heterocycles. The van der Waals surface area contributed by atoms with Gasteiger partial charge in [0.2, 0.25) is 0 Å². The summed E-state index contributed by atoms with van der Waals surface area (Å²) in [4.78, 5) is 2.12. The highest BCUT2D eigenvalue weighted by molar-refractivity contribution is 5.27. The molecular weight excluding hydrogens is 249 g/mol. The Morgan fingerprint density at radius 3 is 2.35 bits per heavy atom. The number of allylic oxidation sites excluding steroid dienone is 3. The number of nitrogens with zero attached hydrogens (tertiary/aromatic N) is 1. The Kier molecular flexibility index (Phi) is 6.23. The fourth-order valence-electron chi connectivity index (χ4n) is 2.39. The van der Waals surface area contributed by atoms with E-state index in [1.54, 1.807) is 0 Å². The summed E-state index contributed by atoms with van der Waals surface area (Å²) in [7, 11) is 0. The fraction of sp³-hybridized carbons (Fsp3) is 0.333. The predicted molar refractivity (Wildman–Crippen MR) is 84.7 cm³/mol. The van der Waals surface area contributed by atoms with Gasteiger partial charge in [0, 0.05) is 11.4 Å². The van der Waals surface area contributed by atoms with Crippen molar-refractivity contribution in [3.63, 3.8) is 0 Å². The molecule has 1 aromatic carbocycles. The van der Waals surface area contributed by atoms with Crippen LogP contribution in [-0.2, 0) is 0 Å². The summed E-state index contributed by atoms with van der Waals surface area (Å²) >= 11 is 0. The van der Waals surface area contributed by atoms with Crippen molar-refractivity contribution in [3.05, 3.63) is 72.4 Å². The molecule has 0 radical (unpaired) electrons. The van der Waals surface area contributed by atoms with Crippen LogP contribution in [0.1, 0.15) is 45.2 Å². The van der Waals surface area contributed by atoms with Crippen LogP contribution in [0.15, 0.2) is 61.0 Å². The van der Waals surface area contributed by atoms with E-state index in [-0.39, 0.29) is 11.9 Å². The molecule has 1 aromatic rings. The Labute approximate surface area is 122 Å². The van der Waals surface area contributed by atoms with Crippen molar-refractivity contribution in [1.29, 1.82) is 0 Å². The van der Waals surface area contributed by atoms with E-state index in [4.69, 9.17) is 0 Å². The number of hydrogen-bond acceptors (Lipinski definition) is 1. The van der Waals surface area contributed by atoms with E-state index in [1.807, 2.05) is 38.1 Å². The van der Waals surface area contributed by atoms with Crippen LogP contribution in [0.5, 0.6) is 0 Å². The molecule has 0 N–H and O–H groups in total. The first-order chi connectivity index (χ1) is 9.51. The van der Waals surface area contributed by atoms with Crippen LogP contribution in [0.25, 0.3) is 0 Å². The normalized spacial score (nSPS) is 12.4. The van der Waals surface area contributed by atoms with Gasteiger partial charge in [-0.2, -0.15) is 0 Å². The second-order valence-corrected chi connectivity index (χ2v) is 4.95. The van der Waals surface area contributed by atoms with Crippen LogP contribution >= 0.6 is 0 Å². The first-order valence-electron chi connectivity index (χ1n) is 7.03. The molecule has 1 atom stereocenters. The van der Waals surface area contributed by atoms with E-state index in [1.165, 1.54) is 12.1 Å². The van der Waals surface area contributed by atoms with Crippen molar-refractivity contribution in [2.24, 2.45) is 0 Å². The van der Waals surface area contributed by atoms with Gasteiger partial charge in [0.1, 0.15) is 5.82 Å². The molecule has 0 amide bonds. The zero-order chi connectivity index (χ0) is 15.1. The topological polar surface area (TPSA) is 3.24 Å². The molecule has 0 spiro atoms. The minimum atomic E-state index is -0.210. The van der Waals surface area contributed by atoms with Crippen LogP contribution in [0.2, 0.25) is 0 Å². The van der Waals surface area contributed by atoms with Gasteiger partial charge in [-0.25, -0.2) is 4.39 Å². The average Bonchev–Trinajstić information content (AvgIpc) is 2.39. The van der Waals surface area contributed by atoms with Gasteiger partial charge in [-0.3, -0.25) is 0 Å². The lowest BCUT2D eigenvalue weighted by atomic mass is 9.99. The van der Waals surface area contributed by atoms with E-state index >= 15 is 0 Å². The Bertz CT molecular complexity index is 485. The molecule has 0 fully saturated rings. The highest BCUT2D eigenvalue weighted by atomic mass is 19.1. The number of hydrogen-bond donors (Lipinski definition) is 0. The van der Waals surface area contributed by atoms with Crippen LogP contribution < -0.4 is 0 Å². The summed E-state index contributed by atoms with van der Waals surface area (Å²) < 4.78 is 13.1. The summed E-state index contributed by atoms with van der Waals surface area (Å²) in [6.07, 6.45) is 5.94. The molecule has 20 heavy (non-hydrogen) atoms. The van der Waals surface area contributed by atoms with Gasteiger partial charge in [-0.15, -0.1) is 0 Å². The third-order valence-corrected chi connectivity index (χ3v) is 3.21. The predicted octanol–water partition coefficient (Wildman–Crippen LogP) is 5.59. The first kappa shape index (κ1) is 16.2.